The SMILES string of the molecule is CCS(=O)(=O)C1CSCCN1c1nccnc1C(=N)N. The van der Waals surface area contributed by atoms with Crippen molar-refractivity contribution in [3.05, 3.63) is 18.1 Å². The van der Waals surface area contributed by atoms with Crippen LogP contribution in [-0.4, -0.2) is 53.4 Å². The Morgan fingerprint density at radius 2 is 2.25 bits per heavy atom. The van der Waals surface area contributed by atoms with Crippen molar-refractivity contribution >= 4 is 33.3 Å². The van der Waals surface area contributed by atoms with Crippen LogP contribution in [0.2, 0.25) is 0 Å². The Morgan fingerprint density at radius 1 is 1.55 bits per heavy atom. The zero-order valence-corrected chi connectivity index (χ0v) is 12.7. The summed E-state index contributed by atoms with van der Waals surface area (Å²) >= 11 is 1.60. The van der Waals surface area contributed by atoms with Gasteiger partial charge in [-0.25, -0.2) is 18.4 Å². The lowest BCUT2D eigenvalue weighted by atomic mass is 10.3. The number of nitrogens with one attached hydrogen (secondary N) is 1. The molecule has 3 N–H and O–H groups in total. The van der Waals surface area contributed by atoms with Crippen molar-refractivity contribution in [2.75, 3.05) is 28.7 Å². The normalized spacial score (nSPS) is 19.9. The fourth-order valence-corrected chi connectivity index (χ4v) is 5.01. The van der Waals surface area contributed by atoms with Crippen LogP contribution in [0.3, 0.4) is 0 Å². The first-order chi connectivity index (χ1) is 9.47. The molecule has 0 aliphatic carbocycles. The van der Waals surface area contributed by atoms with E-state index in [0.717, 1.165) is 5.75 Å². The van der Waals surface area contributed by atoms with Gasteiger partial charge in [0.15, 0.2) is 15.7 Å². The summed E-state index contributed by atoms with van der Waals surface area (Å²) in [5.41, 5.74) is 5.74. The van der Waals surface area contributed by atoms with Crippen molar-refractivity contribution in [2.24, 2.45) is 5.73 Å². The minimum Gasteiger partial charge on any atom is -0.382 e. The maximum atomic E-state index is 12.2. The molecule has 1 unspecified atom stereocenters. The van der Waals surface area contributed by atoms with Gasteiger partial charge in [0.25, 0.3) is 0 Å². The number of aromatic nitrogens is 2. The van der Waals surface area contributed by atoms with E-state index in [1.54, 1.807) is 23.6 Å². The Labute approximate surface area is 122 Å². The van der Waals surface area contributed by atoms with Gasteiger partial charge < -0.3 is 10.6 Å². The van der Waals surface area contributed by atoms with Crippen molar-refractivity contribution in [3.63, 3.8) is 0 Å². The first kappa shape index (κ1) is 15.0. The molecule has 1 aliphatic rings. The van der Waals surface area contributed by atoms with Gasteiger partial charge in [0, 0.05) is 36.2 Å². The number of nitrogens with zero attached hydrogens (tertiary/aromatic N) is 3. The van der Waals surface area contributed by atoms with Crippen LogP contribution in [-0.2, 0) is 9.84 Å². The van der Waals surface area contributed by atoms with Gasteiger partial charge >= 0.3 is 0 Å². The van der Waals surface area contributed by atoms with Crippen molar-refractivity contribution in [1.29, 1.82) is 5.41 Å². The van der Waals surface area contributed by atoms with E-state index in [0.29, 0.717) is 18.1 Å². The van der Waals surface area contributed by atoms with Gasteiger partial charge in [-0.2, -0.15) is 11.8 Å². The fourth-order valence-electron chi connectivity index (χ4n) is 2.04. The van der Waals surface area contributed by atoms with Gasteiger partial charge in [0.05, 0.1) is 0 Å². The van der Waals surface area contributed by atoms with E-state index in [2.05, 4.69) is 9.97 Å². The summed E-state index contributed by atoms with van der Waals surface area (Å²) in [5, 5.41) is 6.92. The molecule has 0 aromatic carbocycles. The summed E-state index contributed by atoms with van der Waals surface area (Å²) in [7, 11) is -3.24. The van der Waals surface area contributed by atoms with Crippen LogP contribution in [0.4, 0.5) is 5.82 Å². The molecule has 1 aromatic heterocycles. The zero-order chi connectivity index (χ0) is 14.8. The van der Waals surface area contributed by atoms with Crippen molar-refractivity contribution in [1.82, 2.24) is 9.97 Å². The summed E-state index contributed by atoms with van der Waals surface area (Å²) < 4.78 is 24.5. The molecule has 0 radical (unpaired) electrons. The maximum absolute atomic E-state index is 12.2. The third-order valence-electron chi connectivity index (χ3n) is 3.11. The Balaban J connectivity index is 2.46. The average Bonchev–Trinajstić information content (AvgIpc) is 2.47. The van der Waals surface area contributed by atoms with Crippen LogP contribution in [0.5, 0.6) is 0 Å². The van der Waals surface area contributed by atoms with Gasteiger partial charge in [-0.05, 0) is 0 Å². The second kappa shape index (κ2) is 5.96. The number of nitrogen functional groups attached to an aromatic ring is 1. The fraction of sp³-hybridized carbons (Fsp3) is 0.545. The molecule has 20 heavy (non-hydrogen) atoms. The Hall–Kier alpha value is -1.35. The van der Waals surface area contributed by atoms with Gasteiger partial charge in [-0.15, -0.1) is 0 Å². The molecule has 110 valence electrons. The molecule has 0 saturated carbocycles. The zero-order valence-electron chi connectivity index (χ0n) is 11.1. The number of sulfone groups is 1. The lowest BCUT2D eigenvalue weighted by Gasteiger charge is -2.36. The molecular formula is C11H17N5O2S2. The summed E-state index contributed by atoms with van der Waals surface area (Å²) in [6, 6.07) is 0. The van der Waals surface area contributed by atoms with Gasteiger partial charge in [0.1, 0.15) is 16.9 Å². The van der Waals surface area contributed by atoms with Crippen molar-refractivity contribution in [2.45, 2.75) is 12.3 Å². The largest absolute Gasteiger partial charge is 0.382 e. The highest BCUT2D eigenvalue weighted by Crippen LogP contribution is 2.27. The number of thioether (sulfide) groups is 1. The van der Waals surface area contributed by atoms with E-state index in [1.807, 2.05) is 0 Å². The van der Waals surface area contributed by atoms with Crippen LogP contribution in [0.25, 0.3) is 0 Å². The van der Waals surface area contributed by atoms with E-state index < -0.39 is 15.2 Å². The number of nitrogens with two attached hydrogens (primary N) is 1. The Bertz CT molecular complexity index is 605. The second-order valence-corrected chi connectivity index (χ2v) is 7.91. The first-order valence-corrected chi connectivity index (χ1v) is 9.05. The molecule has 7 nitrogen and oxygen atoms in total. The Kier molecular flexibility index (Phi) is 4.48. The highest BCUT2D eigenvalue weighted by Gasteiger charge is 2.35. The van der Waals surface area contributed by atoms with Crippen LogP contribution < -0.4 is 10.6 Å². The molecule has 0 spiro atoms. The van der Waals surface area contributed by atoms with Gasteiger partial charge in [-0.3, -0.25) is 5.41 Å². The van der Waals surface area contributed by atoms with Crippen LogP contribution in [0.1, 0.15) is 12.6 Å². The van der Waals surface area contributed by atoms with Gasteiger partial charge in [0.2, 0.25) is 0 Å². The van der Waals surface area contributed by atoms with E-state index in [9.17, 15) is 8.42 Å². The van der Waals surface area contributed by atoms with E-state index >= 15 is 0 Å². The number of rotatable bonds is 4. The van der Waals surface area contributed by atoms with Crippen LogP contribution in [0, 0.1) is 5.41 Å². The highest BCUT2D eigenvalue weighted by molar-refractivity contribution is 8.01. The summed E-state index contributed by atoms with van der Waals surface area (Å²) in [6.45, 7) is 2.18. The smallest absolute Gasteiger partial charge is 0.171 e. The molecule has 1 atom stereocenters. The number of amidine groups is 1. The molecule has 0 amide bonds. The molecule has 1 aliphatic heterocycles. The molecule has 2 heterocycles. The lowest BCUT2D eigenvalue weighted by Crippen LogP contribution is -2.49. The molecule has 9 heteroatoms. The Morgan fingerprint density at radius 3 is 2.90 bits per heavy atom. The average molecular weight is 315 g/mol. The van der Waals surface area contributed by atoms with Crippen LogP contribution >= 0.6 is 11.8 Å². The predicted octanol–water partition coefficient (Wildman–Crippen LogP) is 0.0747. The van der Waals surface area contributed by atoms with E-state index in [4.69, 9.17) is 11.1 Å². The second-order valence-electron chi connectivity index (χ2n) is 4.32. The highest BCUT2D eigenvalue weighted by atomic mass is 32.2. The van der Waals surface area contributed by atoms with Crippen molar-refractivity contribution in [3.8, 4) is 0 Å². The minimum absolute atomic E-state index is 0.0738. The standard InChI is InChI=1S/C11H17N5O2S2/c1-2-20(17,18)8-7-19-6-5-16(8)11-9(10(12)13)14-3-4-15-11/h3-4,8H,2,5-7H2,1H3,(H3,12,13). The third kappa shape index (κ3) is 2.88. The molecule has 2 rings (SSSR count). The molecule has 1 saturated heterocycles. The third-order valence-corrected chi connectivity index (χ3v) is 6.40. The number of hydrogen-bond acceptors (Lipinski definition) is 7. The summed E-state index contributed by atoms with van der Waals surface area (Å²) in [6.07, 6.45) is 2.93. The first-order valence-electron chi connectivity index (χ1n) is 6.18. The van der Waals surface area contributed by atoms with E-state index in [-0.39, 0.29) is 17.3 Å². The lowest BCUT2D eigenvalue weighted by molar-refractivity contribution is 0.578. The number of anilines is 1. The molecule has 1 aromatic rings. The molecular weight excluding hydrogens is 298 g/mol. The quantitative estimate of drug-likeness (QED) is 0.597. The maximum Gasteiger partial charge on any atom is 0.171 e. The van der Waals surface area contributed by atoms with Crippen molar-refractivity contribution < 1.29 is 8.42 Å². The van der Waals surface area contributed by atoms with Gasteiger partial charge in [-0.1, -0.05) is 6.92 Å². The molecule has 0 bridgehead atoms. The summed E-state index contributed by atoms with van der Waals surface area (Å²) in [4.78, 5) is 9.94. The van der Waals surface area contributed by atoms with Crippen LogP contribution in [0.15, 0.2) is 12.4 Å². The minimum atomic E-state index is -3.24. The monoisotopic (exact) mass is 315 g/mol. The van der Waals surface area contributed by atoms with E-state index in [1.165, 1.54) is 12.4 Å². The molecule has 1 fully saturated rings. The topological polar surface area (TPSA) is 113 Å². The predicted molar refractivity (Wildman–Crippen MR) is 81.0 cm³/mol. The summed E-state index contributed by atoms with van der Waals surface area (Å²) in [5.74, 6) is 1.54. The number of hydrogen-bond donors (Lipinski definition) is 2.